The summed E-state index contributed by atoms with van der Waals surface area (Å²) in [6.45, 7) is 9.55. The van der Waals surface area contributed by atoms with Crippen LogP contribution in [0.4, 0.5) is 0 Å². The Labute approximate surface area is 568 Å². The third kappa shape index (κ3) is 68.4. The maximum atomic E-state index is 13.1. The summed E-state index contributed by atoms with van der Waals surface area (Å²) in [5, 5.41) is 10.6. The standard InChI is InChI=1S/C74H144O17P2/c1-7-9-11-13-15-17-19-20-21-22-23-24-25-26-34-40-46-52-58-73(78)90-69(63-85-72(77)57-51-45-39-33-28-27-30-36-42-48-54-66(3)4)64-88-92(80,81)86-60-68(75)61-87-93(82,83)89-65-70(62-84-71(76)56-50-44-38-32-18-16-14-12-10-8-2)91-74(79)59-53-47-41-35-29-31-37-43-49-55-67(5)6/h66-70,75H,7-65H2,1-6H3,(H,80,81)(H,82,83)/t68-,69-,70-/m1/s1. The van der Waals surface area contributed by atoms with E-state index in [9.17, 15) is 43.2 Å². The van der Waals surface area contributed by atoms with Crippen LogP contribution >= 0.6 is 15.6 Å². The molecule has 0 aliphatic rings. The number of unbranched alkanes of at least 4 members (excludes halogenated alkanes) is 43. The van der Waals surface area contributed by atoms with Gasteiger partial charge in [0.05, 0.1) is 26.4 Å². The van der Waals surface area contributed by atoms with Gasteiger partial charge in [-0.05, 0) is 37.5 Å². The van der Waals surface area contributed by atoms with Gasteiger partial charge in [-0.3, -0.25) is 37.3 Å². The molecule has 0 heterocycles. The zero-order valence-corrected chi connectivity index (χ0v) is 62.3. The third-order valence-electron chi connectivity index (χ3n) is 17.2. The van der Waals surface area contributed by atoms with E-state index in [2.05, 4.69) is 41.5 Å². The van der Waals surface area contributed by atoms with E-state index in [1.54, 1.807) is 0 Å². The van der Waals surface area contributed by atoms with Crippen molar-refractivity contribution in [1.29, 1.82) is 0 Å². The van der Waals surface area contributed by atoms with E-state index in [-0.39, 0.29) is 25.7 Å². The molecule has 5 atom stereocenters. The van der Waals surface area contributed by atoms with Gasteiger partial charge in [0.15, 0.2) is 12.2 Å². The van der Waals surface area contributed by atoms with Crippen molar-refractivity contribution in [3.8, 4) is 0 Å². The van der Waals surface area contributed by atoms with Gasteiger partial charge in [0, 0.05) is 25.7 Å². The number of phosphoric acid groups is 2. The molecular formula is C74H144O17P2. The number of aliphatic hydroxyl groups is 1. The molecule has 0 aromatic rings. The van der Waals surface area contributed by atoms with Crippen molar-refractivity contribution in [2.45, 2.75) is 400 Å². The molecule has 0 saturated carbocycles. The molecule has 0 fully saturated rings. The number of ether oxygens (including phenoxy) is 4. The molecule has 17 nitrogen and oxygen atoms in total. The van der Waals surface area contributed by atoms with Gasteiger partial charge < -0.3 is 33.8 Å². The average molecular weight is 1370 g/mol. The van der Waals surface area contributed by atoms with E-state index in [4.69, 9.17) is 37.0 Å². The molecule has 0 amide bonds. The van der Waals surface area contributed by atoms with Crippen LogP contribution in [-0.2, 0) is 65.4 Å². The van der Waals surface area contributed by atoms with Crippen molar-refractivity contribution in [1.82, 2.24) is 0 Å². The molecule has 2 unspecified atom stereocenters. The van der Waals surface area contributed by atoms with Crippen LogP contribution in [0.5, 0.6) is 0 Å². The zero-order chi connectivity index (χ0) is 68.6. The number of hydrogen-bond donors (Lipinski definition) is 3. The smallest absolute Gasteiger partial charge is 0.462 e. The molecule has 0 bridgehead atoms. The Balaban J connectivity index is 5.23. The number of aliphatic hydroxyl groups excluding tert-OH is 1. The molecule has 0 saturated heterocycles. The van der Waals surface area contributed by atoms with Gasteiger partial charge in [-0.1, -0.05) is 330 Å². The van der Waals surface area contributed by atoms with Crippen molar-refractivity contribution >= 4 is 39.5 Å². The number of carbonyl (C=O) groups excluding carboxylic acids is 4. The molecule has 3 N–H and O–H groups in total. The molecule has 0 rings (SSSR count). The van der Waals surface area contributed by atoms with Crippen LogP contribution in [0, 0.1) is 11.8 Å². The third-order valence-corrected chi connectivity index (χ3v) is 19.1. The first-order valence-corrected chi connectivity index (χ1v) is 41.5. The Morgan fingerprint density at radius 1 is 0.290 bits per heavy atom. The van der Waals surface area contributed by atoms with Crippen LogP contribution in [0.2, 0.25) is 0 Å². The van der Waals surface area contributed by atoms with Gasteiger partial charge in [-0.2, -0.15) is 0 Å². The van der Waals surface area contributed by atoms with Crippen LogP contribution in [0.15, 0.2) is 0 Å². The summed E-state index contributed by atoms with van der Waals surface area (Å²) < 4.78 is 68.4. The molecule has 0 spiro atoms. The van der Waals surface area contributed by atoms with E-state index >= 15 is 0 Å². The van der Waals surface area contributed by atoms with Gasteiger partial charge in [-0.15, -0.1) is 0 Å². The minimum absolute atomic E-state index is 0.105. The Morgan fingerprint density at radius 2 is 0.495 bits per heavy atom. The summed E-state index contributed by atoms with van der Waals surface area (Å²) in [6, 6.07) is 0. The van der Waals surface area contributed by atoms with Gasteiger partial charge in [-0.25, -0.2) is 9.13 Å². The summed E-state index contributed by atoms with van der Waals surface area (Å²) in [5.74, 6) is -0.624. The van der Waals surface area contributed by atoms with E-state index in [0.717, 1.165) is 102 Å². The first-order chi connectivity index (χ1) is 44.9. The number of phosphoric ester groups is 2. The highest BCUT2D eigenvalue weighted by Gasteiger charge is 2.30. The van der Waals surface area contributed by atoms with Crippen molar-refractivity contribution < 1.29 is 80.2 Å². The van der Waals surface area contributed by atoms with Crippen molar-refractivity contribution in [2.75, 3.05) is 39.6 Å². The maximum absolute atomic E-state index is 13.1. The normalized spacial score (nSPS) is 14.1. The number of carbonyl (C=O) groups is 4. The summed E-state index contributed by atoms with van der Waals surface area (Å²) in [6.07, 6.45) is 52.7. The lowest BCUT2D eigenvalue weighted by Crippen LogP contribution is -2.30. The lowest BCUT2D eigenvalue weighted by molar-refractivity contribution is -0.161. The SMILES string of the molecule is CCCCCCCCCCCCCCCCCCCCC(=O)O[C@H](COC(=O)CCCCCCCCCCCCC(C)C)COP(=O)(O)OC[C@@H](O)COP(=O)(O)OC[C@@H](COC(=O)CCCCCCCCCCCC)OC(=O)CCCCCCCCCCCC(C)C. The molecular weight excluding hydrogens is 1220 g/mol. The van der Waals surface area contributed by atoms with Gasteiger partial charge in [0.2, 0.25) is 0 Å². The van der Waals surface area contributed by atoms with Crippen LogP contribution in [0.25, 0.3) is 0 Å². The molecule has 0 aromatic heterocycles. The summed E-state index contributed by atoms with van der Waals surface area (Å²) in [4.78, 5) is 72.7. The molecule has 552 valence electrons. The number of esters is 4. The van der Waals surface area contributed by atoms with E-state index in [1.807, 2.05) is 0 Å². The zero-order valence-electron chi connectivity index (χ0n) is 60.6. The molecule has 19 heteroatoms. The fourth-order valence-electron chi connectivity index (χ4n) is 11.3. The Hall–Kier alpha value is -1.94. The highest BCUT2D eigenvalue weighted by Crippen LogP contribution is 2.45. The predicted octanol–water partition coefficient (Wildman–Crippen LogP) is 21.6. The average Bonchev–Trinajstić information content (AvgIpc) is 2.26. The van der Waals surface area contributed by atoms with Crippen molar-refractivity contribution in [2.24, 2.45) is 11.8 Å². The lowest BCUT2D eigenvalue weighted by Gasteiger charge is -2.21. The van der Waals surface area contributed by atoms with Crippen LogP contribution in [0.1, 0.15) is 382 Å². The Kier molecular flexibility index (Phi) is 64.6. The molecule has 0 radical (unpaired) electrons. The van der Waals surface area contributed by atoms with Crippen molar-refractivity contribution in [3.05, 3.63) is 0 Å². The van der Waals surface area contributed by atoms with Gasteiger partial charge in [0.25, 0.3) is 0 Å². The number of rotatable bonds is 73. The monoisotopic (exact) mass is 1370 g/mol. The number of hydrogen-bond acceptors (Lipinski definition) is 15. The summed E-state index contributed by atoms with van der Waals surface area (Å²) >= 11 is 0. The Morgan fingerprint density at radius 3 is 0.731 bits per heavy atom. The second-order valence-electron chi connectivity index (χ2n) is 27.6. The summed E-state index contributed by atoms with van der Waals surface area (Å²) in [5.41, 5.74) is 0. The fourth-order valence-corrected chi connectivity index (χ4v) is 12.9. The largest absolute Gasteiger partial charge is 0.472 e. The van der Waals surface area contributed by atoms with Crippen molar-refractivity contribution in [3.63, 3.8) is 0 Å². The van der Waals surface area contributed by atoms with Crippen LogP contribution < -0.4 is 0 Å². The molecule has 0 aliphatic heterocycles. The minimum Gasteiger partial charge on any atom is -0.462 e. The molecule has 93 heavy (non-hydrogen) atoms. The first-order valence-electron chi connectivity index (χ1n) is 38.5. The van der Waals surface area contributed by atoms with Gasteiger partial charge >= 0.3 is 39.5 Å². The topological polar surface area (TPSA) is 237 Å². The maximum Gasteiger partial charge on any atom is 0.472 e. The highest BCUT2D eigenvalue weighted by molar-refractivity contribution is 7.47. The fraction of sp³-hybridized carbons (Fsp3) is 0.946. The Bertz CT molecular complexity index is 1800. The van der Waals surface area contributed by atoms with E-state index in [0.29, 0.717) is 25.7 Å². The second kappa shape index (κ2) is 66.0. The lowest BCUT2D eigenvalue weighted by atomic mass is 10.0. The van der Waals surface area contributed by atoms with E-state index in [1.165, 1.54) is 199 Å². The summed E-state index contributed by atoms with van der Waals surface area (Å²) in [7, 11) is -9.91. The minimum atomic E-state index is -4.96. The highest BCUT2D eigenvalue weighted by atomic mass is 31.2. The van der Waals surface area contributed by atoms with E-state index < -0.39 is 97.5 Å². The molecule has 0 aliphatic carbocycles. The van der Waals surface area contributed by atoms with Crippen LogP contribution in [0.3, 0.4) is 0 Å². The predicted molar refractivity (Wildman–Crippen MR) is 377 cm³/mol. The molecule has 0 aromatic carbocycles. The second-order valence-corrected chi connectivity index (χ2v) is 30.5. The van der Waals surface area contributed by atoms with Gasteiger partial charge in [0.1, 0.15) is 19.3 Å². The van der Waals surface area contributed by atoms with Crippen LogP contribution in [-0.4, -0.2) is 96.7 Å². The first kappa shape index (κ1) is 91.1. The quantitative estimate of drug-likeness (QED) is 0.0222.